The van der Waals surface area contributed by atoms with E-state index in [1.807, 2.05) is 18.2 Å². The summed E-state index contributed by atoms with van der Waals surface area (Å²) >= 11 is 0. The van der Waals surface area contributed by atoms with Crippen LogP contribution in [-0.2, 0) is 51.4 Å². The largest absolute Gasteiger partial charge is 0.496 e. The first-order chi connectivity index (χ1) is 37.0. The molecule has 0 bridgehead atoms. The SMILES string of the molecule is CCc1ccc(-c2cc(OC)c(CC)c(OC)c2)cc1.CCc1ccc(-c2ccc(CC)c(OC)c2)cc1.CCc1ccc(-c2ccc(CC)c(OC)c2)cc1C=O.CCc1ccc(-c2ccc(CC)cc2OC)cc1. The van der Waals surface area contributed by atoms with Crippen molar-refractivity contribution in [3.8, 4) is 73.3 Å². The monoisotopic (exact) mass is 1020 g/mol. The number of benzene rings is 8. The van der Waals surface area contributed by atoms with Crippen LogP contribution in [0.4, 0.5) is 0 Å². The summed E-state index contributed by atoms with van der Waals surface area (Å²) in [4.78, 5) is 11.2. The molecule has 8 aromatic rings. The van der Waals surface area contributed by atoms with E-state index in [4.69, 9.17) is 23.7 Å². The zero-order chi connectivity index (χ0) is 55.0. The van der Waals surface area contributed by atoms with Crippen LogP contribution in [-0.4, -0.2) is 41.8 Å². The Balaban J connectivity index is 0.000000187. The van der Waals surface area contributed by atoms with Crippen molar-refractivity contribution in [2.24, 2.45) is 0 Å². The Bertz CT molecular complexity index is 3020. The van der Waals surface area contributed by atoms with E-state index in [1.165, 1.54) is 55.6 Å². The van der Waals surface area contributed by atoms with Crippen LogP contribution in [0.1, 0.15) is 110 Å². The van der Waals surface area contributed by atoms with Gasteiger partial charge in [-0.25, -0.2) is 0 Å². The Morgan fingerprint density at radius 3 is 1.01 bits per heavy atom. The first-order valence-corrected chi connectivity index (χ1v) is 27.1. The first-order valence-electron chi connectivity index (χ1n) is 27.1. The van der Waals surface area contributed by atoms with E-state index < -0.39 is 0 Å². The molecule has 0 radical (unpaired) electrons. The number of hydrogen-bond acceptors (Lipinski definition) is 6. The van der Waals surface area contributed by atoms with Crippen LogP contribution in [0.2, 0.25) is 0 Å². The van der Waals surface area contributed by atoms with Crippen molar-refractivity contribution < 1.29 is 28.5 Å². The van der Waals surface area contributed by atoms with Gasteiger partial charge in [0, 0.05) is 16.7 Å². The molecule has 0 aliphatic heterocycles. The van der Waals surface area contributed by atoms with Crippen LogP contribution in [0, 0.1) is 0 Å². The Morgan fingerprint density at radius 2 is 0.632 bits per heavy atom. The van der Waals surface area contributed by atoms with E-state index in [1.54, 1.807) is 35.5 Å². The lowest BCUT2D eigenvalue weighted by Gasteiger charge is -2.14. The molecule has 8 aromatic carbocycles. The van der Waals surface area contributed by atoms with Gasteiger partial charge in [0.05, 0.1) is 35.5 Å². The highest BCUT2D eigenvalue weighted by Crippen LogP contribution is 2.36. The maximum absolute atomic E-state index is 11.2. The molecule has 6 heteroatoms. The van der Waals surface area contributed by atoms with Gasteiger partial charge in [-0.15, -0.1) is 0 Å². The maximum atomic E-state index is 11.2. The van der Waals surface area contributed by atoms with Crippen LogP contribution >= 0.6 is 0 Å². The second-order valence-corrected chi connectivity index (χ2v) is 18.4. The summed E-state index contributed by atoms with van der Waals surface area (Å²) < 4.78 is 27.4. The average molecular weight is 1020 g/mol. The Kier molecular flexibility index (Phi) is 24.0. The lowest BCUT2D eigenvalue weighted by atomic mass is 9.97. The van der Waals surface area contributed by atoms with Gasteiger partial charge in [-0.2, -0.15) is 0 Å². The number of carbonyl (C=O) groups excluding carboxylic acids is 1. The lowest BCUT2D eigenvalue weighted by Crippen LogP contribution is -1.96. The van der Waals surface area contributed by atoms with Gasteiger partial charge >= 0.3 is 0 Å². The predicted octanol–water partition coefficient (Wildman–Crippen LogP) is 17.8. The zero-order valence-corrected chi connectivity index (χ0v) is 47.7. The second kappa shape index (κ2) is 30.7. The molecule has 0 heterocycles. The third-order valence-corrected chi connectivity index (χ3v) is 14.0. The minimum absolute atomic E-state index is 0.767. The van der Waals surface area contributed by atoms with E-state index in [9.17, 15) is 4.79 Å². The lowest BCUT2D eigenvalue weighted by molar-refractivity contribution is 0.112. The molecule has 0 aliphatic rings. The van der Waals surface area contributed by atoms with Gasteiger partial charge in [-0.1, -0.05) is 177 Å². The van der Waals surface area contributed by atoms with Crippen molar-refractivity contribution >= 4 is 6.29 Å². The highest BCUT2D eigenvalue weighted by Gasteiger charge is 2.13. The highest BCUT2D eigenvalue weighted by atomic mass is 16.5. The van der Waals surface area contributed by atoms with Gasteiger partial charge in [-0.3, -0.25) is 4.79 Å². The third-order valence-electron chi connectivity index (χ3n) is 14.0. The molecule has 0 N–H and O–H groups in total. The molecule has 76 heavy (non-hydrogen) atoms. The van der Waals surface area contributed by atoms with Gasteiger partial charge in [0.2, 0.25) is 0 Å². The van der Waals surface area contributed by atoms with Crippen molar-refractivity contribution in [3.63, 3.8) is 0 Å². The van der Waals surface area contributed by atoms with Crippen molar-refractivity contribution in [2.75, 3.05) is 35.5 Å². The van der Waals surface area contributed by atoms with Crippen molar-refractivity contribution in [3.05, 3.63) is 208 Å². The minimum atomic E-state index is 0.767. The molecular formula is C70H82O6. The van der Waals surface area contributed by atoms with Crippen molar-refractivity contribution in [1.29, 1.82) is 0 Å². The number of aldehydes is 1. The Hall–Kier alpha value is -7.57. The third kappa shape index (κ3) is 15.7. The molecule has 0 saturated carbocycles. The number of ether oxygens (including phenoxy) is 5. The smallest absolute Gasteiger partial charge is 0.150 e. The molecule has 0 fully saturated rings. The molecule has 0 spiro atoms. The highest BCUT2D eigenvalue weighted by molar-refractivity contribution is 5.81. The van der Waals surface area contributed by atoms with Crippen LogP contribution in [0.25, 0.3) is 44.5 Å². The van der Waals surface area contributed by atoms with Crippen LogP contribution in [0.5, 0.6) is 28.7 Å². The molecule has 8 rings (SSSR count). The van der Waals surface area contributed by atoms with Crippen LogP contribution in [0.15, 0.2) is 158 Å². The molecule has 0 unspecified atom stereocenters. The number of aryl methyl sites for hydroxylation is 7. The summed E-state index contributed by atoms with van der Waals surface area (Å²) in [5, 5.41) is 0. The number of hydrogen-bond donors (Lipinski definition) is 0. The quantitative estimate of drug-likeness (QED) is 0.0798. The number of rotatable bonds is 18. The second-order valence-electron chi connectivity index (χ2n) is 18.4. The standard InChI is InChI=1S/C18H22O2.C18H20O2.2C17H20O/c1-5-13-7-9-14(10-8-13)15-11-17(19-3)16(6-2)18(12-15)20-4;1-4-13-6-8-15(10-17(13)12-19)16-9-7-14(5-2)18(11-16)20-3;1-4-13-6-9-15(10-7-13)16-11-8-14(5-2)12-17(16)18-3;1-4-13-6-8-15(9-7-13)16-11-10-14(5-2)17(12-16)18-3/h7-12H,5-6H2,1-4H3;6-12H,4-5H2,1-3H3;2*6-12H,4-5H2,1-3H3. The fourth-order valence-corrected chi connectivity index (χ4v) is 9.12. The van der Waals surface area contributed by atoms with E-state index in [-0.39, 0.29) is 0 Å². The van der Waals surface area contributed by atoms with Gasteiger partial charge in [0.15, 0.2) is 0 Å². The normalized spacial score (nSPS) is 10.4. The molecule has 0 amide bonds. The molecule has 0 saturated heterocycles. The number of carbonyl (C=O) groups is 1. The fourth-order valence-electron chi connectivity index (χ4n) is 9.12. The Labute approximate surface area is 456 Å². The molecule has 0 aromatic heterocycles. The summed E-state index contributed by atoms with van der Waals surface area (Å²) in [6.07, 6.45) is 8.88. The fraction of sp³-hybridized carbons (Fsp3) is 0.300. The summed E-state index contributed by atoms with van der Waals surface area (Å²) in [5.74, 6) is 4.62. The molecule has 0 aliphatic carbocycles. The summed E-state index contributed by atoms with van der Waals surface area (Å²) in [7, 11) is 8.57. The molecule has 0 atom stereocenters. The first kappa shape index (κ1) is 59.3. The van der Waals surface area contributed by atoms with Crippen molar-refractivity contribution in [1.82, 2.24) is 0 Å². The zero-order valence-electron chi connectivity index (χ0n) is 47.7. The minimum Gasteiger partial charge on any atom is -0.496 e. The van der Waals surface area contributed by atoms with E-state index >= 15 is 0 Å². The predicted molar refractivity (Wildman–Crippen MR) is 321 cm³/mol. The van der Waals surface area contributed by atoms with E-state index in [0.717, 1.165) is 125 Å². The summed E-state index contributed by atoms with van der Waals surface area (Å²) in [6, 6.07) is 55.4. The summed E-state index contributed by atoms with van der Waals surface area (Å²) in [6.45, 7) is 17.1. The molecule has 6 nitrogen and oxygen atoms in total. The average Bonchev–Trinajstić information content (AvgIpc) is 3.50. The van der Waals surface area contributed by atoms with Gasteiger partial charge in [-0.05, 0) is 166 Å². The Morgan fingerprint density at radius 1 is 0.289 bits per heavy atom. The van der Waals surface area contributed by atoms with Gasteiger partial charge < -0.3 is 23.7 Å². The van der Waals surface area contributed by atoms with Crippen LogP contribution in [0.3, 0.4) is 0 Å². The van der Waals surface area contributed by atoms with E-state index in [2.05, 4.69) is 195 Å². The molecule has 398 valence electrons. The van der Waals surface area contributed by atoms with Crippen LogP contribution < -0.4 is 23.7 Å². The summed E-state index contributed by atoms with van der Waals surface area (Å²) in [5.41, 5.74) is 20.1. The topological polar surface area (TPSA) is 63.2 Å². The van der Waals surface area contributed by atoms with Crippen molar-refractivity contribution in [2.45, 2.75) is 107 Å². The molecular weight excluding hydrogens is 937 g/mol. The number of methoxy groups -OCH3 is 5. The van der Waals surface area contributed by atoms with Gasteiger partial charge in [0.25, 0.3) is 0 Å². The maximum Gasteiger partial charge on any atom is 0.150 e. The van der Waals surface area contributed by atoms with Gasteiger partial charge in [0.1, 0.15) is 35.0 Å². The van der Waals surface area contributed by atoms with E-state index in [0.29, 0.717) is 0 Å².